The van der Waals surface area contributed by atoms with Crippen molar-refractivity contribution in [2.75, 3.05) is 34.3 Å². The Bertz CT molecular complexity index is 1320. The number of amides is 2. The molecule has 11 nitrogen and oxygen atoms in total. The summed E-state index contributed by atoms with van der Waals surface area (Å²) in [6, 6.07) is 5.62. The Hall–Kier alpha value is -2.96. The first-order valence-electron chi connectivity index (χ1n) is 15.5. The van der Waals surface area contributed by atoms with Crippen LogP contribution >= 0.6 is 0 Å². The highest BCUT2D eigenvalue weighted by molar-refractivity contribution is 7.87. The maximum absolute atomic E-state index is 12.7. The van der Waals surface area contributed by atoms with E-state index < -0.39 is 16.1 Å². The Balaban J connectivity index is 1.32. The van der Waals surface area contributed by atoms with E-state index in [1.54, 1.807) is 7.11 Å². The van der Waals surface area contributed by atoms with Crippen LogP contribution in [-0.4, -0.2) is 68.7 Å². The molecule has 0 spiro atoms. The molecule has 238 valence electrons. The van der Waals surface area contributed by atoms with Crippen LogP contribution in [0.15, 0.2) is 28.9 Å². The average molecular weight is 618 g/mol. The lowest BCUT2D eigenvalue weighted by atomic mass is 9.86. The summed E-state index contributed by atoms with van der Waals surface area (Å²) < 4.78 is 38.3. The van der Waals surface area contributed by atoms with Gasteiger partial charge in [0.15, 0.2) is 5.69 Å². The first kappa shape index (κ1) is 32.9. The van der Waals surface area contributed by atoms with Gasteiger partial charge in [-0.15, -0.1) is 0 Å². The van der Waals surface area contributed by atoms with Crippen LogP contribution < -0.4 is 14.8 Å². The highest BCUT2D eigenvalue weighted by Gasteiger charge is 2.31. The van der Waals surface area contributed by atoms with Crippen molar-refractivity contribution in [3.05, 3.63) is 47.2 Å². The van der Waals surface area contributed by atoms with Gasteiger partial charge in [0.2, 0.25) is 11.8 Å². The highest BCUT2D eigenvalue weighted by Crippen LogP contribution is 2.34. The van der Waals surface area contributed by atoms with Gasteiger partial charge < -0.3 is 14.5 Å². The second-order valence-corrected chi connectivity index (χ2v) is 13.8. The summed E-state index contributed by atoms with van der Waals surface area (Å²) >= 11 is 0. The Morgan fingerprint density at radius 1 is 1.09 bits per heavy atom. The molecule has 2 heterocycles. The largest absolute Gasteiger partial charge is 0.497 e. The van der Waals surface area contributed by atoms with Crippen LogP contribution in [0.3, 0.4) is 0 Å². The molecule has 12 heteroatoms. The molecule has 1 atom stereocenters. The van der Waals surface area contributed by atoms with Crippen LogP contribution in [0.25, 0.3) is 0 Å². The van der Waals surface area contributed by atoms with Crippen LogP contribution in [0.1, 0.15) is 104 Å². The molecular formula is C31H47N5O6S. The lowest BCUT2D eigenvalue weighted by molar-refractivity contribution is -0.119. The zero-order valence-corrected chi connectivity index (χ0v) is 26.6. The number of oxazole rings is 1. The van der Waals surface area contributed by atoms with E-state index in [2.05, 4.69) is 19.9 Å². The molecule has 1 aromatic carbocycles. The van der Waals surface area contributed by atoms with Crippen molar-refractivity contribution >= 4 is 22.0 Å². The number of aryl methyl sites for hydroxylation is 1. The number of unbranched alkanes of at least 4 members (excludes halogenated alkanes) is 1. The molecule has 0 bridgehead atoms. The first-order valence-corrected chi connectivity index (χ1v) is 17.0. The van der Waals surface area contributed by atoms with E-state index >= 15 is 0 Å². The van der Waals surface area contributed by atoms with Crippen LogP contribution in [0.4, 0.5) is 0 Å². The predicted molar refractivity (Wildman–Crippen MR) is 164 cm³/mol. The maximum atomic E-state index is 12.7. The van der Waals surface area contributed by atoms with Crippen molar-refractivity contribution in [2.45, 2.75) is 89.6 Å². The fraction of sp³-hybridized carbons (Fsp3) is 0.645. The molecule has 0 radical (unpaired) electrons. The molecule has 2 fully saturated rings. The summed E-state index contributed by atoms with van der Waals surface area (Å²) in [7, 11) is 0.503. The molecular weight excluding hydrogens is 570 g/mol. The van der Waals surface area contributed by atoms with Gasteiger partial charge in [-0.3, -0.25) is 14.5 Å². The number of aromatic nitrogens is 1. The van der Waals surface area contributed by atoms with Gasteiger partial charge in [-0.05, 0) is 61.4 Å². The van der Waals surface area contributed by atoms with Crippen LogP contribution in [0.5, 0.6) is 5.75 Å². The van der Waals surface area contributed by atoms with E-state index in [0.29, 0.717) is 36.8 Å². The highest BCUT2D eigenvalue weighted by atomic mass is 32.2. The van der Waals surface area contributed by atoms with E-state index in [1.165, 1.54) is 58.9 Å². The molecule has 1 aliphatic heterocycles. The number of hydrogen-bond acceptors (Lipinski definition) is 8. The number of methoxy groups -OCH3 is 1. The van der Waals surface area contributed by atoms with Crippen LogP contribution in [-0.2, 0) is 28.0 Å². The maximum Gasteiger partial charge on any atom is 0.303 e. The van der Waals surface area contributed by atoms with Gasteiger partial charge in [0.05, 0.1) is 13.2 Å². The number of benzene rings is 1. The number of hydrogen-bond donors (Lipinski definition) is 2. The summed E-state index contributed by atoms with van der Waals surface area (Å²) in [6.07, 6.45) is 13.8. The Morgan fingerprint density at radius 2 is 1.88 bits per heavy atom. The zero-order chi connectivity index (χ0) is 30.8. The third-order valence-corrected chi connectivity index (χ3v) is 10.0. The fourth-order valence-electron chi connectivity index (χ4n) is 6.04. The number of nitrogens with one attached hydrogen (secondary N) is 2. The average Bonchev–Trinajstić information content (AvgIpc) is 3.66. The molecule has 1 aromatic heterocycles. The van der Waals surface area contributed by atoms with Gasteiger partial charge in [-0.2, -0.15) is 12.7 Å². The Morgan fingerprint density at radius 3 is 2.63 bits per heavy atom. The summed E-state index contributed by atoms with van der Waals surface area (Å²) in [5.74, 6) is 1.31. The summed E-state index contributed by atoms with van der Waals surface area (Å²) in [5, 5.41) is 2.99. The van der Waals surface area contributed by atoms with Crippen molar-refractivity contribution in [2.24, 2.45) is 5.92 Å². The standard InChI is InChI=1S/C31H47N5O6S/c1-35(2)43(39,40)34-29(37)17-15-24-14-16-26(41-3)20-25(24)21-36-19-9-13-28(36)31-33-27(22-42-31)30(38)32-18-8-7-12-23-10-5-4-6-11-23/h14,16,20,22-23,28H,4-13,15,17-19,21H2,1-3H3,(H,32,38)(H,34,37)/t28-/m0/s1. The van der Waals surface area contributed by atoms with E-state index in [4.69, 9.17) is 9.15 Å². The van der Waals surface area contributed by atoms with Gasteiger partial charge in [0.1, 0.15) is 12.0 Å². The molecule has 4 rings (SSSR count). The molecule has 1 aliphatic carbocycles. The molecule has 1 saturated heterocycles. The number of carbonyl (C=O) groups is 2. The molecule has 0 unspecified atom stereocenters. The van der Waals surface area contributed by atoms with Crippen molar-refractivity contribution in [1.82, 2.24) is 24.2 Å². The second kappa shape index (κ2) is 15.7. The summed E-state index contributed by atoms with van der Waals surface area (Å²) in [5.41, 5.74) is 2.21. The van der Waals surface area contributed by atoms with Gasteiger partial charge in [-0.25, -0.2) is 9.71 Å². The number of carbonyl (C=O) groups excluding carboxylic acids is 2. The predicted octanol–water partition coefficient (Wildman–Crippen LogP) is 4.36. The smallest absolute Gasteiger partial charge is 0.303 e. The zero-order valence-electron chi connectivity index (χ0n) is 25.8. The van der Waals surface area contributed by atoms with E-state index in [1.807, 2.05) is 18.2 Å². The minimum atomic E-state index is -3.84. The molecule has 2 N–H and O–H groups in total. The lowest BCUT2D eigenvalue weighted by Crippen LogP contribution is -2.39. The number of ether oxygens (including phenoxy) is 1. The minimum absolute atomic E-state index is 0.0224. The van der Waals surface area contributed by atoms with Crippen LogP contribution in [0.2, 0.25) is 0 Å². The fourth-order valence-corrected chi connectivity index (χ4v) is 6.61. The monoisotopic (exact) mass is 617 g/mol. The normalized spacial score (nSPS) is 18.2. The molecule has 2 amide bonds. The molecule has 2 aromatic rings. The van der Waals surface area contributed by atoms with E-state index in [0.717, 1.165) is 53.6 Å². The molecule has 43 heavy (non-hydrogen) atoms. The van der Waals surface area contributed by atoms with Crippen molar-refractivity contribution in [1.29, 1.82) is 0 Å². The van der Waals surface area contributed by atoms with Crippen LogP contribution in [0, 0.1) is 5.92 Å². The third kappa shape index (κ3) is 9.51. The van der Waals surface area contributed by atoms with Gasteiger partial charge >= 0.3 is 10.2 Å². The number of rotatable bonds is 15. The Labute approximate surface area is 255 Å². The van der Waals surface area contributed by atoms with E-state index in [9.17, 15) is 18.0 Å². The van der Waals surface area contributed by atoms with Crippen molar-refractivity contribution < 1.29 is 27.2 Å². The molecule has 1 saturated carbocycles. The quantitative estimate of drug-likeness (QED) is 0.282. The second-order valence-electron chi connectivity index (χ2n) is 11.9. The van der Waals surface area contributed by atoms with Gasteiger partial charge in [0, 0.05) is 33.6 Å². The summed E-state index contributed by atoms with van der Waals surface area (Å²) in [6.45, 7) is 2.04. The van der Waals surface area contributed by atoms with Crippen molar-refractivity contribution in [3.63, 3.8) is 0 Å². The summed E-state index contributed by atoms with van der Waals surface area (Å²) in [4.78, 5) is 31.9. The molecule has 2 aliphatic rings. The lowest BCUT2D eigenvalue weighted by Gasteiger charge is -2.24. The van der Waals surface area contributed by atoms with Gasteiger partial charge in [-0.1, -0.05) is 51.0 Å². The SMILES string of the molecule is COc1ccc(CCC(=O)NS(=O)(=O)N(C)C)c(CN2CCC[C@H]2c2nc(C(=O)NCCCCC3CCCCC3)co2)c1. The first-order chi connectivity index (χ1) is 20.7. The van der Waals surface area contributed by atoms with E-state index in [-0.39, 0.29) is 18.4 Å². The third-order valence-electron chi connectivity index (χ3n) is 8.58. The topological polar surface area (TPSA) is 134 Å². The van der Waals surface area contributed by atoms with Crippen molar-refractivity contribution in [3.8, 4) is 5.75 Å². The number of nitrogens with zero attached hydrogens (tertiary/aromatic N) is 3. The minimum Gasteiger partial charge on any atom is -0.497 e. The number of likely N-dealkylation sites (tertiary alicyclic amines) is 1. The van der Waals surface area contributed by atoms with Gasteiger partial charge in [0.25, 0.3) is 5.91 Å². The Kier molecular flexibility index (Phi) is 12.0.